The number of carbonyl (C=O) groups is 1. The number of ether oxygens (including phenoxy) is 1. The van der Waals surface area contributed by atoms with Gasteiger partial charge in [0.05, 0.1) is 17.6 Å². The van der Waals surface area contributed by atoms with Crippen LogP contribution in [0.15, 0.2) is 12.1 Å². The molecule has 2 aliphatic heterocycles. The molecule has 3 heterocycles. The summed E-state index contributed by atoms with van der Waals surface area (Å²) in [6, 6.07) is 4.20. The van der Waals surface area contributed by atoms with Crippen LogP contribution in [0.4, 0.5) is 0 Å². The Hall–Kier alpha value is -0.0800. The molecular weight excluding hydrogens is 393 g/mol. The number of nitrogens with zero attached hydrogens (tertiary/aromatic N) is 2. The van der Waals surface area contributed by atoms with E-state index in [4.69, 9.17) is 16.3 Å². The fourth-order valence-electron chi connectivity index (χ4n) is 2.90. The first-order valence-electron chi connectivity index (χ1n) is 7.76. The van der Waals surface area contributed by atoms with E-state index in [0.29, 0.717) is 13.0 Å². The van der Waals surface area contributed by atoms with Crippen molar-refractivity contribution in [2.45, 2.75) is 19.0 Å². The SMILES string of the molecule is Cl.Cl.O=C(CC1COCCN1)N1CCN(Cc2ccc(Cl)s2)CC1. The number of rotatable bonds is 4. The van der Waals surface area contributed by atoms with Gasteiger partial charge in [0.25, 0.3) is 0 Å². The molecule has 0 aliphatic carbocycles. The molecule has 2 saturated heterocycles. The van der Waals surface area contributed by atoms with Crippen LogP contribution in [0, 0.1) is 0 Å². The third kappa shape index (κ3) is 6.33. The molecule has 1 N–H and O–H groups in total. The lowest BCUT2D eigenvalue weighted by Crippen LogP contribution is -2.51. The van der Waals surface area contributed by atoms with Crippen LogP contribution in [0.2, 0.25) is 4.34 Å². The molecule has 138 valence electrons. The summed E-state index contributed by atoms with van der Waals surface area (Å²) in [4.78, 5) is 18.0. The number of carbonyl (C=O) groups excluding carboxylic acids is 1. The van der Waals surface area contributed by atoms with Crippen molar-refractivity contribution in [3.8, 4) is 0 Å². The van der Waals surface area contributed by atoms with Crippen molar-refractivity contribution in [2.24, 2.45) is 0 Å². The van der Waals surface area contributed by atoms with Crippen LogP contribution in [0.25, 0.3) is 0 Å². The Kier molecular flexibility index (Phi) is 9.89. The van der Waals surface area contributed by atoms with Crippen LogP contribution in [0.5, 0.6) is 0 Å². The van der Waals surface area contributed by atoms with Crippen LogP contribution in [0.1, 0.15) is 11.3 Å². The quantitative estimate of drug-likeness (QED) is 0.818. The maximum absolute atomic E-state index is 12.3. The number of nitrogens with one attached hydrogen (secondary N) is 1. The molecule has 9 heteroatoms. The van der Waals surface area contributed by atoms with E-state index in [1.807, 2.05) is 11.0 Å². The predicted molar refractivity (Wildman–Crippen MR) is 103 cm³/mol. The van der Waals surface area contributed by atoms with E-state index < -0.39 is 0 Å². The molecule has 2 fully saturated rings. The monoisotopic (exact) mass is 415 g/mol. The first kappa shape index (κ1) is 22.0. The van der Waals surface area contributed by atoms with Crippen LogP contribution in [-0.4, -0.2) is 67.7 Å². The lowest BCUT2D eigenvalue weighted by molar-refractivity contribution is -0.134. The zero-order valence-electron chi connectivity index (χ0n) is 13.4. The van der Waals surface area contributed by atoms with Gasteiger partial charge in [-0.3, -0.25) is 9.69 Å². The second-order valence-corrected chi connectivity index (χ2v) is 7.59. The summed E-state index contributed by atoms with van der Waals surface area (Å²) in [5.41, 5.74) is 0. The van der Waals surface area contributed by atoms with Gasteiger partial charge >= 0.3 is 0 Å². The van der Waals surface area contributed by atoms with E-state index >= 15 is 0 Å². The Labute approximate surface area is 164 Å². The summed E-state index contributed by atoms with van der Waals surface area (Å²) in [7, 11) is 0. The molecule has 1 atom stereocenters. The van der Waals surface area contributed by atoms with Crippen molar-refractivity contribution in [1.82, 2.24) is 15.1 Å². The highest BCUT2D eigenvalue weighted by atomic mass is 35.5. The van der Waals surface area contributed by atoms with Crippen LogP contribution < -0.4 is 5.32 Å². The molecule has 3 rings (SSSR count). The molecule has 1 unspecified atom stereocenters. The fourth-order valence-corrected chi connectivity index (χ4v) is 4.03. The number of morpholine rings is 1. The average Bonchev–Trinajstić information content (AvgIpc) is 2.94. The summed E-state index contributed by atoms with van der Waals surface area (Å²) < 4.78 is 6.24. The van der Waals surface area contributed by atoms with Gasteiger partial charge in [-0.15, -0.1) is 36.2 Å². The van der Waals surface area contributed by atoms with Gasteiger partial charge in [0.2, 0.25) is 5.91 Å². The lowest BCUT2D eigenvalue weighted by atomic mass is 10.1. The molecule has 1 aromatic rings. The molecule has 0 spiro atoms. The van der Waals surface area contributed by atoms with Crippen molar-refractivity contribution in [3.63, 3.8) is 0 Å². The third-order valence-corrected chi connectivity index (χ3v) is 5.37. The Morgan fingerprint density at radius 3 is 2.62 bits per heavy atom. The maximum atomic E-state index is 12.3. The molecule has 5 nitrogen and oxygen atoms in total. The molecule has 0 bridgehead atoms. The van der Waals surface area contributed by atoms with E-state index in [1.165, 1.54) is 4.88 Å². The van der Waals surface area contributed by atoms with Gasteiger partial charge < -0.3 is 15.0 Å². The van der Waals surface area contributed by atoms with Gasteiger partial charge in [-0.2, -0.15) is 0 Å². The van der Waals surface area contributed by atoms with E-state index in [-0.39, 0.29) is 36.8 Å². The smallest absolute Gasteiger partial charge is 0.224 e. The number of hydrogen-bond acceptors (Lipinski definition) is 5. The Bertz CT molecular complexity index is 504. The normalized spacial score (nSPS) is 21.7. The van der Waals surface area contributed by atoms with E-state index in [0.717, 1.165) is 50.2 Å². The lowest BCUT2D eigenvalue weighted by Gasteiger charge is -2.35. The first-order chi connectivity index (χ1) is 10.7. The summed E-state index contributed by atoms with van der Waals surface area (Å²) in [6.45, 7) is 6.64. The summed E-state index contributed by atoms with van der Waals surface area (Å²) in [5.74, 6) is 0.238. The van der Waals surface area contributed by atoms with Crippen molar-refractivity contribution < 1.29 is 9.53 Å². The molecule has 0 saturated carbocycles. The molecule has 2 aliphatic rings. The van der Waals surface area contributed by atoms with Gasteiger partial charge in [-0.1, -0.05) is 11.6 Å². The van der Waals surface area contributed by atoms with E-state index in [1.54, 1.807) is 11.3 Å². The average molecular weight is 417 g/mol. The number of amides is 1. The highest BCUT2D eigenvalue weighted by Crippen LogP contribution is 2.23. The first-order valence-corrected chi connectivity index (χ1v) is 8.95. The number of halogens is 3. The predicted octanol–water partition coefficient (Wildman–Crippen LogP) is 2.27. The second-order valence-electron chi connectivity index (χ2n) is 5.79. The molecule has 1 aromatic heterocycles. The van der Waals surface area contributed by atoms with E-state index in [2.05, 4.69) is 16.3 Å². The van der Waals surface area contributed by atoms with Crippen molar-refractivity contribution in [2.75, 3.05) is 45.9 Å². The topological polar surface area (TPSA) is 44.8 Å². The van der Waals surface area contributed by atoms with E-state index in [9.17, 15) is 4.79 Å². The van der Waals surface area contributed by atoms with Crippen LogP contribution in [-0.2, 0) is 16.1 Å². The summed E-state index contributed by atoms with van der Waals surface area (Å²) in [6.07, 6.45) is 0.542. The van der Waals surface area contributed by atoms with Crippen molar-refractivity contribution in [3.05, 3.63) is 21.3 Å². The largest absolute Gasteiger partial charge is 0.378 e. The molecule has 24 heavy (non-hydrogen) atoms. The fraction of sp³-hybridized carbons (Fsp3) is 0.667. The number of hydrogen-bond donors (Lipinski definition) is 1. The van der Waals surface area contributed by atoms with Gasteiger partial charge in [0.1, 0.15) is 0 Å². The van der Waals surface area contributed by atoms with Crippen LogP contribution >= 0.6 is 47.8 Å². The molecule has 0 aromatic carbocycles. The number of thiophene rings is 1. The second kappa shape index (κ2) is 10.8. The molecule has 0 radical (unpaired) electrons. The minimum atomic E-state index is 0. The highest BCUT2D eigenvalue weighted by molar-refractivity contribution is 7.16. The summed E-state index contributed by atoms with van der Waals surface area (Å²) >= 11 is 7.60. The van der Waals surface area contributed by atoms with Gasteiger partial charge in [0, 0.05) is 56.6 Å². The van der Waals surface area contributed by atoms with Crippen molar-refractivity contribution in [1.29, 1.82) is 0 Å². The zero-order valence-corrected chi connectivity index (χ0v) is 16.6. The Morgan fingerprint density at radius 2 is 2.04 bits per heavy atom. The van der Waals surface area contributed by atoms with Gasteiger partial charge in [-0.25, -0.2) is 0 Å². The third-order valence-electron chi connectivity index (χ3n) is 4.15. The highest BCUT2D eigenvalue weighted by Gasteiger charge is 2.24. The van der Waals surface area contributed by atoms with Crippen LogP contribution in [0.3, 0.4) is 0 Å². The summed E-state index contributed by atoms with van der Waals surface area (Å²) in [5, 5.41) is 3.34. The minimum absolute atomic E-state index is 0. The standard InChI is InChI=1S/C15H22ClN3O2S.2ClH/c16-14-2-1-13(22-14)10-18-4-6-19(7-5-18)15(20)9-12-11-21-8-3-17-12;;/h1-2,12,17H,3-11H2;2*1H. The Morgan fingerprint density at radius 1 is 1.29 bits per heavy atom. The number of piperazine rings is 1. The molecule has 1 amide bonds. The van der Waals surface area contributed by atoms with Gasteiger partial charge in [-0.05, 0) is 12.1 Å². The van der Waals surface area contributed by atoms with Gasteiger partial charge in [0.15, 0.2) is 0 Å². The maximum Gasteiger partial charge on any atom is 0.224 e. The minimum Gasteiger partial charge on any atom is -0.378 e. The van der Waals surface area contributed by atoms with Crippen molar-refractivity contribution >= 4 is 53.7 Å². The Balaban J connectivity index is 0.00000144. The molecular formula is C15H24Cl3N3O2S. The zero-order chi connectivity index (χ0) is 15.4.